The Labute approximate surface area is 164 Å². The first-order valence-electron chi connectivity index (χ1n) is 8.43. The Balaban J connectivity index is 1.80. The van der Waals surface area contributed by atoms with Crippen molar-refractivity contribution >= 4 is 29.3 Å². The molecule has 0 aliphatic carbocycles. The van der Waals surface area contributed by atoms with Crippen LogP contribution in [0.3, 0.4) is 0 Å². The van der Waals surface area contributed by atoms with Crippen molar-refractivity contribution in [1.29, 1.82) is 0 Å². The van der Waals surface area contributed by atoms with Crippen molar-refractivity contribution in [3.05, 3.63) is 53.1 Å². The van der Waals surface area contributed by atoms with Gasteiger partial charge in [0.15, 0.2) is 0 Å². The number of hydrogen-bond acceptors (Lipinski definition) is 4. The zero-order valence-electron chi connectivity index (χ0n) is 15.3. The normalized spacial score (nSPS) is 11.7. The van der Waals surface area contributed by atoms with E-state index in [4.69, 9.17) is 21.1 Å². The van der Waals surface area contributed by atoms with Gasteiger partial charge in [-0.05, 0) is 61.6 Å². The highest BCUT2D eigenvalue weighted by atomic mass is 35.5. The van der Waals surface area contributed by atoms with Gasteiger partial charge in [0.1, 0.15) is 11.5 Å². The largest absolute Gasteiger partial charge is 0.497 e. The van der Waals surface area contributed by atoms with Gasteiger partial charge in [-0.2, -0.15) is 0 Å². The van der Waals surface area contributed by atoms with Gasteiger partial charge in [-0.1, -0.05) is 11.6 Å². The number of halogens is 1. The predicted molar refractivity (Wildman–Crippen MR) is 108 cm³/mol. The van der Waals surface area contributed by atoms with Crippen molar-refractivity contribution in [3.63, 3.8) is 0 Å². The van der Waals surface area contributed by atoms with Crippen molar-refractivity contribution in [2.24, 2.45) is 0 Å². The van der Waals surface area contributed by atoms with Crippen LogP contribution in [0.4, 0.5) is 0 Å². The fraction of sp³-hybridized carbons (Fsp3) is 0.350. The zero-order valence-corrected chi connectivity index (χ0v) is 16.8. The van der Waals surface area contributed by atoms with Crippen molar-refractivity contribution in [1.82, 2.24) is 5.32 Å². The van der Waals surface area contributed by atoms with Crippen LogP contribution in [0.15, 0.2) is 47.4 Å². The molecule has 0 saturated heterocycles. The van der Waals surface area contributed by atoms with E-state index in [1.807, 2.05) is 49.4 Å². The van der Waals surface area contributed by atoms with E-state index in [1.54, 1.807) is 26.0 Å². The smallest absolute Gasteiger partial charge is 0.220 e. The van der Waals surface area contributed by atoms with Crippen molar-refractivity contribution in [3.8, 4) is 11.5 Å². The van der Waals surface area contributed by atoms with E-state index in [9.17, 15) is 4.79 Å². The Bertz CT molecular complexity index is 721. The first-order chi connectivity index (χ1) is 12.5. The van der Waals surface area contributed by atoms with Crippen LogP contribution in [0.2, 0.25) is 5.02 Å². The number of carbonyl (C=O) groups is 1. The summed E-state index contributed by atoms with van der Waals surface area (Å²) in [4.78, 5) is 13.4. The van der Waals surface area contributed by atoms with Crippen molar-refractivity contribution in [2.45, 2.75) is 30.7 Å². The molecule has 26 heavy (non-hydrogen) atoms. The predicted octanol–water partition coefficient (Wildman–Crippen LogP) is 5.11. The number of benzene rings is 2. The van der Waals surface area contributed by atoms with Crippen LogP contribution in [0, 0.1) is 0 Å². The molecule has 0 spiro atoms. The average molecular weight is 394 g/mol. The molecule has 0 fully saturated rings. The fourth-order valence-electron chi connectivity index (χ4n) is 2.52. The lowest BCUT2D eigenvalue weighted by Gasteiger charge is -2.18. The molecule has 1 amide bonds. The van der Waals surface area contributed by atoms with Crippen LogP contribution in [0.25, 0.3) is 0 Å². The lowest BCUT2D eigenvalue weighted by molar-refractivity contribution is -0.121. The van der Waals surface area contributed by atoms with Gasteiger partial charge in [0, 0.05) is 21.9 Å². The van der Waals surface area contributed by atoms with Gasteiger partial charge in [0.25, 0.3) is 0 Å². The Morgan fingerprint density at radius 2 is 1.88 bits per heavy atom. The molecule has 0 aliphatic heterocycles. The summed E-state index contributed by atoms with van der Waals surface area (Å²) in [6, 6.07) is 13.1. The number of hydrogen-bond donors (Lipinski definition) is 1. The van der Waals surface area contributed by atoms with Crippen LogP contribution in [-0.4, -0.2) is 25.9 Å². The van der Waals surface area contributed by atoms with Gasteiger partial charge in [0.05, 0.1) is 20.3 Å². The summed E-state index contributed by atoms with van der Waals surface area (Å²) >= 11 is 7.60. The molecule has 1 atom stereocenters. The molecule has 0 bridgehead atoms. The van der Waals surface area contributed by atoms with E-state index >= 15 is 0 Å². The molecule has 4 nitrogen and oxygen atoms in total. The van der Waals surface area contributed by atoms with Gasteiger partial charge in [-0.3, -0.25) is 4.79 Å². The van der Waals surface area contributed by atoms with E-state index in [1.165, 1.54) is 0 Å². The maximum atomic E-state index is 12.2. The van der Waals surface area contributed by atoms with Crippen LogP contribution in [0.5, 0.6) is 11.5 Å². The zero-order chi connectivity index (χ0) is 18.9. The van der Waals surface area contributed by atoms with Crippen molar-refractivity contribution < 1.29 is 14.3 Å². The Kier molecular flexibility index (Phi) is 8.13. The second-order valence-corrected chi connectivity index (χ2v) is 7.41. The summed E-state index contributed by atoms with van der Waals surface area (Å²) in [5.74, 6) is 2.38. The summed E-state index contributed by atoms with van der Waals surface area (Å²) in [5, 5.41) is 3.76. The first-order valence-corrected chi connectivity index (χ1v) is 9.79. The van der Waals surface area contributed by atoms with Crippen LogP contribution < -0.4 is 14.8 Å². The summed E-state index contributed by atoms with van der Waals surface area (Å²) in [5.41, 5.74) is 0.899. The van der Waals surface area contributed by atoms with Gasteiger partial charge >= 0.3 is 0 Å². The van der Waals surface area contributed by atoms with Crippen LogP contribution >= 0.6 is 23.4 Å². The molecule has 2 aromatic rings. The number of ether oxygens (including phenoxy) is 2. The Hall–Kier alpha value is -1.85. The van der Waals surface area contributed by atoms with E-state index in [2.05, 4.69) is 5.32 Å². The minimum atomic E-state index is -0.156. The molecule has 2 aromatic carbocycles. The average Bonchev–Trinajstić information content (AvgIpc) is 2.66. The molecule has 140 valence electrons. The highest BCUT2D eigenvalue weighted by molar-refractivity contribution is 7.99. The summed E-state index contributed by atoms with van der Waals surface area (Å²) < 4.78 is 10.6. The highest BCUT2D eigenvalue weighted by Gasteiger charge is 2.15. The minimum absolute atomic E-state index is 0.0269. The van der Waals surface area contributed by atoms with Gasteiger partial charge < -0.3 is 14.8 Å². The quantitative estimate of drug-likeness (QED) is 0.475. The van der Waals surface area contributed by atoms with Crippen molar-refractivity contribution in [2.75, 3.05) is 20.0 Å². The number of carbonyl (C=O) groups excluding carboxylic acids is 1. The van der Waals surface area contributed by atoms with Crippen LogP contribution in [-0.2, 0) is 4.79 Å². The Morgan fingerprint density at radius 1 is 1.15 bits per heavy atom. The molecule has 0 aromatic heterocycles. The molecular weight excluding hydrogens is 370 g/mol. The lowest BCUT2D eigenvalue weighted by Crippen LogP contribution is -2.26. The number of amides is 1. The lowest BCUT2D eigenvalue weighted by atomic mass is 10.1. The van der Waals surface area contributed by atoms with E-state index < -0.39 is 0 Å². The number of nitrogens with one attached hydrogen (secondary N) is 1. The third-order valence-electron chi connectivity index (χ3n) is 3.91. The molecule has 0 heterocycles. The monoisotopic (exact) mass is 393 g/mol. The number of rotatable bonds is 9. The molecular formula is C20H24ClNO3S. The maximum Gasteiger partial charge on any atom is 0.220 e. The molecule has 0 radical (unpaired) electrons. The van der Waals surface area contributed by atoms with Gasteiger partial charge in [-0.25, -0.2) is 0 Å². The van der Waals surface area contributed by atoms with Crippen LogP contribution in [0.1, 0.15) is 31.4 Å². The second kappa shape index (κ2) is 10.3. The molecule has 0 saturated carbocycles. The second-order valence-electron chi connectivity index (χ2n) is 5.80. The summed E-state index contributed by atoms with van der Waals surface area (Å²) in [7, 11) is 3.24. The molecule has 0 aliphatic rings. The van der Waals surface area contributed by atoms with E-state index in [0.29, 0.717) is 6.42 Å². The molecule has 6 heteroatoms. The SMILES string of the molecule is COc1ccc(OC)c(C(C)NC(=O)CCCSc2ccc(Cl)cc2)c1. The first kappa shape index (κ1) is 20.5. The Morgan fingerprint density at radius 3 is 2.54 bits per heavy atom. The molecule has 1 unspecified atom stereocenters. The topological polar surface area (TPSA) is 47.6 Å². The van der Waals surface area contributed by atoms with E-state index in [-0.39, 0.29) is 11.9 Å². The van der Waals surface area contributed by atoms with Gasteiger partial charge in [-0.15, -0.1) is 11.8 Å². The third kappa shape index (κ3) is 6.15. The number of thioether (sulfide) groups is 1. The highest BCUT2D eigenvalue weighted by Crippen LogP contribution is 2.29. The fourth-order valence-corrected chi connectivity index (χ4v) is 3.50. The third-order valence-corrected chi connectivity index (χ3v) is 5.26. The van der Waals surface area contributed by atoms with Gasteiger partial charge in [0.2, 0.25) is 5.91 Å². The summed E-state index contributed by atoms with van der Waals surface area (Å²) in [6.07, 6.45) is 1.29. The minimum Gasteiger partial charge on any atom is -0.497 e. The number of methoxy groups -OCH3 is 2. The van der Waals surface area contributed by atoms with E-state index in [0.717, 1.165) is 39.2 Å². The summed E-state index contributed by atoms with van der Waals surface area (Å²) in [6.45, 7) is 1.94. The maximum absolute atomic E-state index is 12.2. The molecule has 1 N–H and O–H groups in total. The molecule has 2 rings (SSSR count). The standard InChI is InChI=1S/C20H24ClNO3S/c1-14(18-13-16(24-2)8-11-19(18)25-3)22-20(23)5-4-12-26-17-9-6-15(21)7-10-17/h6-11,13-14H,4-5,12H2,1-3H3,(H,22,23).